The molecule has 1 spiro atoms. The van der Waals surface area contributed by atoms with Crippen LogP contribution in [-0.2, 0) is 14.0 Å². The number of hydrogen-bond acceptors (Lipinski definition) is 4. The van der Waals surface area contributed by atoms with Crippen LogP contribution in [0.5, 0.6) is 0 Å². The van der Waals surface area contributed by atoms with Crippen LogP contribution in [0, 0.1) is 40.9 Å². The molecule has 5 heteroatoms. The van der Waals surface area contributed by atoms with Crippen molar-refractivity contribution >= 4 is 14.3 Å². The summed E-state index contributed by atoms with van der Waals surface area (Å²) in [5, 5.41) is 10.9. The fraction of sp³-hybridized carbons (Fsp3) is 0.957. The van der Waals surface area contributed by atoms with Crippen molar-refractivity contribution in [3.05, 3.63) is 0 Å². The number of hydrogen-bond donors (Lipinski definition) is 1. The molecule has 4 rings (SSSR count). The van der Waals surface area contributed by atoms with Crippen LogP contribution in [0.1, 0.15) is 61.3 Å². The largest absolute Gasteiger partial charge is 0.466 e. The highest BCUT2D eigenvalue weighted by Gasteiger charge is 2.90. The number of aliphatic hydroxyl groups is 1. The van der Waals surface area contributed by atoms with Crippen LogP contribution in [0.25, 0.3) is 0 Å². The quantitative estimate of drug-likeness (QED) is 0.470. The molecular weight excluding hydrogens is 368 g/mol. The summed E-state index contributed by atoms with van der Waals surface area (Å²) < 4.78 is 12.3. The van der Waals surface area contributed by atoms with Crippen LogP contribution >= 0.6 is 0 Å². The Balaban J connectivity index is 1.51. The Hall–Kier alpha value is -0.393. The molecule has 4 saturated carbocycles. The molecule has 4 aliphatic rings. The molecule has 0 amide bonds. The van der Waals surface area contributed by atoms with Gasteiger partial charge in [-0.2, -0.15) is 0 Å². The Bertz CT molecular complexity index is 610. The summed E-state index contributed by atoms with van der Waals surface area (Å²) in [6.45, 7) is 17.2. The fourth-order valence-electron chi connectivity index (χ4n) is 8.76. The smallest absolute Gasteiger partial charge is 0.309 e. The van der Waals surface area contributed by atoms with Crippen LogP contribution in [0.4, 0.5) is 0 Å². The van der Waals surface area contributed by atoms with Gasteiger partial charge in [0.15, 0.2) is 8.32 Å². The van der Waals surface area contributed by atoms with Crippen LogP contribution < -0.4 is 0 Å². The Labute approximate surface area is 171 Å². The highest BCUT2D eigenvalue weighted by Crippen LogP contribution is 2.89. The summed E-state index contributed by atoms with van der Waals surface area (Å²) in [5.74, 6) is 2.42. The van der Waals surface area contributed by atoms with E-state index in [0.717, 1.165) is 19.4 Å². The van der Waals surface area contributed by atoms with E-state index in [4.69, 9.17) is 9.16 Å². The lowest BCUT2D eigenvalue weighted by molar-refractivity contribution is -0.241. The van der Waals surface area contributed by atoms with Gasteiger partial charge in [-0.15, -0.1) is 0 Å². The zero-order chi connectivity index (χ0) is 20.6. The van der Waals surface area contributed by atoms with Gasteiger partial charge in [-0.3, -0.25) is 4.79 Å². The zero-order valence-electron chi connectivity index (χ0n) is 18.8. The highest BCUT2D eigenvalue weighted by atomic mass is 28.4. The normalized spacial score (nSPS) is 43.3. The molecule has 1 unspecified atom stereocenters. The predicted octanol–water partition coefficient (Wildman–Crippen LogP) is 4.62. The van der Waals surface area contributed by atoms with Gasteiger partial charge in [0, 0.05) is 12.0 Å². The van der Waals surface area contributed by atoms with E-state index in [1.165, 1.54) is 0 Å². The first-order chi connectivity index (χ1) is 13.2. The lowest BCUT2D eigenvalue weighted by Crippen LogP contribution is -2.68. The van der Waals surface area contributed by atoms with E-state index < -0.39 is 8.32 Å². The molecule has 0 aromatic heterocycles. The zero-order valence-corrected chi connectivity index (χ0v) is 19.8. The summed E-state index contributed by atoms with van der Waals surface area (Å²) in [6, 6.07) is 0. The molecule has 0 aliphatic heterocycles. The van der Waals surface area contributed by atoms with Crippen LogP contribution in [0.2, 0.25) is 16.6 Å². The van der Waals surface area contributed by atoms with Crippen molar-refractivity contribution in [3.8, 4) is 0 Å². The van der Waals surface area contributed by atoms with Crippen molar-refractivity contribution in [2.75, 3.05) is 13.2 Å². The van der Waals surface area contributed by atoms with Gasteiger partial charge in [0.25, 0.3) is 0 Å². The van der Waals surface area contributed by atoms with Gasteiger partial charge < -0.3 is 14.3 Å². The third kappa shape index (κ3) is 2.33. The van der Waals surface area contributed by atoms with Gasteiger partial charge in [0.2, 0.25) is 0 Å². The Morgan fingerprint density at radius 2 is 1.68 bits per heavy atom. The Morgan fingerprint density at radius 1 is 1.07 bits per heavy atom. The van der Waals surface area contributed by atoms with E-state index in [1.54, 1.807) is 0 Å². The lowest BCUT2D eigenvalue weighted by atomic mass is 9.38. The van der Waals surface area contributed by atoms with E-state index in [-0.39, 0.29) is 23.4 Å². The van der Waals surface area contributed by atoms with Gasteiger partial charge in [-0.05, 0) is 66.0 Å². The maximum atomic E-state index is 12.4. The number of carbonyl (C=O) groups is 1. The topological polar surface area (TPSA) is 55.8 Å². The van der Waals surface area contributed by atoms with Crippen molar-refractivity contribution in [3.63, 3.8) is 0 Å². The second-order valence-electron chi connectivity index (χ2n) is 10.9. The molecule has 0 aromatic rings. The standard InChI is InChI=1S/C23H40O4Si/c1-8-26-22(25)19-18-20-15(16-9-10-17(24)23(16,20)21(18)19)11-27-28(12(2)3,13(4)5)14(6)7/h12-21,24H,8-11H2,1-7H3/t15-,16-,17-,18+,19-,20+,21-,23?/m0/s1. The Kier molecular flexibility index (Phi) is 5.08. The van der Waals surface area contributed by atoms with Gasteiger partial charge in [0.1, 0.15) is 0 Å². The number of rotatable bonds is 8. The monoisotopic (exact) mass is 408 g/mol. The number of carbonyl (C=O) groups excluding carboxylic acids is 1. The minimum Gasteiger partial charge on any atom is -0.466 e. The van der Waals surface area contributed by atoms with Crippen molar-refractivity contribution < 1.29 is 19.1 Å². The molecule has 8 atom stereocenters. The highest BCUT2D eigenvalue weighted by molar-refractivity contribution is 6.77. The molecule has 4 nitrogen and oxygen atoms in total. The minimum atomic E-state index is -1.88. The third-order valence-corrected chi connectivity index (χ3v) is 15.5. The maximum absolute atomic E-state index is 12.4. The number of ether oxygens (including phenoxy) is 1. The summed E-state index contributed by atoms with van der Waals surface area (Å²) >= 11 is 0. The molecule has 1 N–H and O–H groups in total. The first-order valence-electron chi connectivity index (χ1n) is 11.7. The summed E-state index contributed by atoms with van der Waals surface area (Å²) in [7, 11) is -1.88. The fourth-order valence-corrected chi connectivity index (χ4v) is 14.2. The SMILES string of the molecule is CCOC(=O)[C@H]1[C@@H]2[C@H]3[C@@H](CO[Si](C(C)C)(C(C)C)C(C)C)[C@@H]4CC[C@H](O)C34[C@H]12. The second-order valence-corrected chi connectivity index (χ2v) is 16.4. The van der Waals surface area contributed by atoms with Gasteiger partial charge in [-0.1, -0.05) is 41.5 Å². The van der Waals surface area contributed by atoms with E-state index in [1.807, 2.05) is 6.92 Å². The molecule has 4 fully saturated rings. The van der Waals surface area contributed by atoms with Crippen LogP contribution in [0.15, 0.2) is 0 Å². The summed E-state index contributed by atoms with van der Waals surface area (Å²) in [4.78, 5) is 12.4. The average molecular weight is 409 g/mol. The minimum absolute atomic E-state index is 0.0194. The molecule has 4 aliphatic carbocycles. The summed E-state index contributed by atoms with van der Waals surface area (Å²) in [5.41, 5.74) is 1.80. The first kappa shape index (κ1) is 20.9. The van der Waals surface area contributed by atoms with E-state index in [0.29, 0.717) is 52.8 Å². The molecule has 0 saturated heterocycles. The first-order valence-corrected chi connectivity index (χ1v) is 13.8. The third-order valence-electron chi connectivity index (χ3n) is 9.38. The molecule has 28 heavy (non-hydrogen) atoms. The van der Waals surface area contributed by atoms with Crippen molar-refractivity contribution in [1.82, 2.24) is 0 Å². The van der Waals surface area contributed by atoms with E-state index in [2.05, 4.69) is 41.5 Å². The van der Waals surface area contributed by atoms with E-state index >= 15 is 0 Å². The summed E-state index contributed by atoms with van der Waals surface area (Å²) in [6.07, 6.45) is 1.78. The van der Waals surface area contributed by atoms with E-state index in [9.17, 15) is 9.90 Å². The number of aliphatic hydroxyl groups excluding tert-OH is 1. The number of esters is 1. The number of fused-ring (bicyclic) bond motifs is 2. The maximum Gasteiger partial charge on any atom is 0.309 e. The van der Waals surface area contributed by atoms with Gasteiger partial charge in [0.05, 0.1) is 18.6 Å². The molecule has 0 radical (unpaired) electrons. The lowest BCUT2D eigenvalue weighted by Gasteiger charge is -2.67. The van der Waals surface area contributed by atoms with Crippen molar-refractivity contribution in [2.24, 2.45) is 40.9 Å². The molecule has 0 bridgehead atoms. The molecule has 0 heterocycles. The van der Waals surface area contributed by atoms with Gasteiger partial charge >= 0.3 is 5.97 Å². The van der Waals surface area contributed by atoms with Gasteiger partial charge in [-0.25, -0.2) is 0 Å². The molecule has 0 aromatic carbocycles. The van der Waals surface area contributed by atoms with Crippen molar-refractivity contribution in [1.29, 1.82) is 0 Å². The average Bonchev–Trinajstić information content (AvgIpc) is 3.13. The Morgan fingerprint density at radius 3 is 2.21 bits per heavy atom. The van der Waals surface area contributed by atoms with Crippen molar-refractivity contribution in [2.45, 2.75) is 84.0 Å². The van der Waals surface area contributed by atoms with Crippen LogP contribution in [0.3, 0.4) is 0 Å². The second kappa shape index (κ2) is 6.81. The molecular formula is C23H40O4Si. The predicted molar refractivity (Wildman–Crippen MR) is 112 cm³/mol. The van der Waals surface area contributed by atoms with Crippen LogP contribution in [-0.4, -0.2) is 38.7 Å². The molecule has 160 valence electrons.